The first kappa shape index (κ1) is 16.0. The first-order valence-electron chi connectivity index (χ1n) is 6.01. The Morgan fingerprint density at radius 2 is 2.05 bits per heavy atom. The van der Waals surface area contributed by atoms with Crippen molar-refractivity contribution in [1.29, 1.82) is 0 Å². The number of hydrogen-bond donors (Lipinski definition) is 1. The summed E-state index contributed by atoms with van der Waals surface area (Å²) in [5.41, 5.74) is -1.00. The number of nitro benzene ring substituents is 1. The van der Waals surface area contributed by atoms with Gasteiger partial charge in [0.05, 0.1) is 11.5 Å². The number of nitrogens with zero attached hydrogens (tertiary/aromatic N) is 2. The molecule has 0 heterocycles. The summed E-state index contributed by atoms with van der Waals surface area (Å²) in [4.78, 5) is 22.3. The zero-order valence-electron chi connectivity index (χ0n) is 11.6. The van der Waals surface area contributed by atoms with Crippen molar-refractivity contribution in [3.05, 3.63) is 39.7 Å². The molecule has 7 heteroatoms. The molecule has 0 saturated carbocycles. The van der Waals surface area contributed by atoms with Gasteiger partial charge < -0.3 is 5.11 Å². The third kappa shape index (κ3) is 3.99. The van der Waals surface area contributed by atoms with E-state index < -0.39 is 27.9 Å². The lowest BCUT2D eigenvalue weighted by atomic mass is 10.0. The summed E-state index contributed by atoms with van der Waals surface area (Å²) in [6.45, 7) is 5.11. The van der Waals surface area contributed by atoms with Gasteiger partial charge in [0, 0.05) is 23.7 Å². The van der Waals surface area contributed by atoms with Crippen molar-refractivity contribution in [3.63, 3.8) is 0 Å². The SMILES string of the molecule is CC(C)(C)N(CC(=O)O)Cc1cccc([N+](=O)[O-])c1F. The van der Waals surface area contributed by atoms with Gasteiger partial charge in [0.15, 0.2) is 0 Å². The van der Waals surface area contributed by atoms with Crippen LogP contribution in [0.25, 0.3) is 0 Å². The second kappa shape index (κ2) is 5.96. The molecular weight excluding hydrogens is 267 g/mol. The van der Waals surface area contributed by atoms with Gasteiger partial charge in [-0.3, -0.25) is 19.8 Å². The molecule has 0 saturated heterocycles. The van der Waals surface area contributed by atoms with E-state index in [4.69, 9.17) is 5.11 Å². The molecule has 6 nitrogen and oxygen atoms in total. The molecule has 0 amide bonds. The minimum atomic E-state index is -1.04. The summed E-state index contributed by atoms with van der Waals surface area (Å²) in [6, 6.07) is 3.89. The zero-order valence-corrected chi connectivity index (χ0v) is 11.6. The number of aliphatic carboxylic acids is 1. The van der Waals surface area contributed by atoms with Gasteiger partial charge in [0.2, 0.25) is 5.82 Å². The summed E-state index contributed by atoms with van der Waals surface area (Å²) >= 11 is 0. The largest absolute Gasteiger partial charge is 0.480 e. The molecule has 0 aromatic heterocycles. The van der Waals surface area contributed by atoms with Crippen LogP contribution >= 0.6 is 0 Å². The summed E-state index contributed by atoms with van der Waals surface area (Å²) in [6.07, 6.45) is 0. The molecule has 20 heavy (non-hydrogen) atoms. The minimum Gasteiger partial charge on any atom is -0.480 e. The topological polar surface area (TPSA) is 83.7 Å². The molecule has 0 radical (unpaired) electrons. The second-order valence-corrected chi connectivity index (χ2v) is 5.43. The minimum absolute atomic E-state index is 0.0106. The van der Waals surface area contributed by atoms with Crippen LogP contribution in [0.15, 0.2) is 18.2 Å². The van der Waals surface area contributed by atoms with Crippen LogP contribution in [-0.4, -0.2) is 33.0 Å². The predicted octanol–water partition coefficient (Wildman–Crippen LogP) is 2.42. The summed E-state index contributed by atoms with van der Waals surface area (Å²) in [5, 5.41) is 19.6. The van der Waals surface area contributed by atoms with Crippen molar-refractivity contribution < 1.29 is 19.2 Å². The standard InChI is InChI=1S/C13H17FN2O4/c1-13(2,3)15(8-11(17)18)7-9-5-4-6-10(12(9)14)16(19)20/h4-6H,7-8H2,1-3H3,(H,17,18). The van der Waals surface area contributed by atoms with Crippen molar-refractivity contribution in [2.45, 2.75) is 32.9 Å². The maximum atomic E-state index is 14.0. The Morgan fingerprint density at radius 1 is 1.45 bits per heavy atom. The third-order valence-corrected chi connectivity index (χ3v) is 2.89. The highest BCUT2D eigenvalue weighted by atomic mass is 19.1. The third-order valence-electron chi connectivity index (χ3n) is 2.89. The summed E-state index contributed by atoms with van der Waals surface area (Å²) < 4.78 is 14.0. The maximum absolute atomic E-state index is 14.0. The van der Waals surface area contributed by atoms with Gasteiger partial charge in [-0.25, -0.2) is 0 Å². The highest BCUT2D eigenvalue weighted by Gasteiger charge is 2.26. The Hall–Kier alpha value is -2.02. The molecule has 0 atom stereocenters. The van der Waals surface area contributed by atoms with Crippen LogP contribution < -0.4 is 0 Å². The van der Waals surface area contributed by atoms with E-state index in [1.807, 2.05) is 0 Å². The average Bonchev–Trinajstić information content (AvgIpc) is 2.28. The number of hydrogen-bond acceptors (Lipinski definition) is 4. The first-order valence-corrected chi connectivity index (χ1v) is 6.01. The van der Waals surface area contributed by atoms with E-state index in [1.54, 1.807) is 20.8 Å². The fourth-order valence-corrected chi connectivity index (χ4v) is 1.73. The smallest absolute Gasteiger partial charge is 0.317 e. The Morgan fingerprint density at radius 3 is 2.50 bits per heavy atom. The first-order chi connectivity index (χ1) is 9.12. The molecule has 1 aromatic carbocycles. The molecule has 1 N–H and O–H groups in total. The van der Waals surface area contributed by atoms with E-state index in [2.05, 4.69) is 0 Å². The van der Waals surface area contributed by atoms with Crippen LogP contribution in [-0.2, 0) is 11.3 Å². The lowest BCUT2D eigenvalue weighted by Crippen LogP contribution is -2.44. The van der Waals surface area contributed by atoms with Gasteiger partial charge in [-0.05, 0) is 20.8 Å². The van der Waals surface area contributed by atoms with E-state index in [-0.39, 0.29) is 18.7 Å². The quantitative estimate of drug-likeness (QED) is 0.663. The highest BCUT2D eigenvalue weighted by molar-refractivity contribution is 5.69. The molecule has 0 aliphatic heterocycles. The van der Waals surface area contributed by atoms with E-state index in [1.165, 1.54) is 17.0 Å². The van der Waals surface area contributed by atoms with Crippen molar-refractivity contribution in [2.24, 2.45) is 0 Å². The molecule has 0 unspecified atom stereocenters. The van der Waals surface area contributed by atoms with Crippen LogP contribution in [0.1, 0.15) is 26.3 Å². The van der Waals surface area contributed by atoms with Crippen LogP contribution in [0.4, 0.5) is 10.1 Å². The number of carbonyl (C=O) groups is 1. The normalized spacial score (nSPS) is 11.7. The molecule has 0 spiro atoms. The second-order valence-electron chi connectivity index (χ2n) is 5.43. The number of rotatable bonds is 5. The van der Waals surface area contributed by atoms with Gasteiger partial charge in [-0.15, -0.1) is 0 Å². The highest BCUT2D eigenvalue weighted by Crippen LogP contribution is 2.24. The summed E-state index contributed by atoms with van der Waals surface area (Å²) in [7, 11) is 0. The average molecular weight is 284 g/mol. The number of carboxylic acid groups (broad SMARTS) is 1. The molecule has 1 rings (SSSR count). The number of halogens is 1. The van der Waals surface area contributed by atoms with Crippen LogP contribution in [0, 0.1) is 15.9 Å². The van der Waals surface area contributed by atoms with Crippen LogP contribution in [0.5, 0.6) is 0 Å². The van der Waals surface area contributed by atoms with Crippen molar-refractivity contribution in [3.8, 4) is 0 Å². The lowest BCUT2D eigenvalue weighted by molar-refractivity contribution is -0.387. The number of carboxylic acids is 1. The van der Waals surface area contributed by atoms with Gasteiger partial charge in [0.25, 0.3) is 0 Å². The Kier molecular flexibility index (Phi) is 4.78. The van der Waals surface area contributed by atoms with Gasteiger partial charge in [-0.2, -0.15) is 4.39 Å². The molecule has 110 valence electrons. The van der Waals surface area contributed by atoms with Crippen molar-refractivity contribution in [2.75, 3.05) is 6.54 Å². The van der Waals surface area contributed by atoms with Gasteiger partial charge in [-0.1, -0.05) is 12.1 Å². The van der Waals surface area contributed by atoms with Gasteiger partial charge in [0.1, 0.15) is 0 Å². The van der Waals surface area contributed by atoms with Crippen LogP contribution in [0.3, 0.4) is 0 Å². The monoisotopic (exact) mass is 284 g/mol. The van der Waals surface area contributed by atoms with Gasteiger partial charge >= 0.3 is 11.7 Å². The molecular formula is C13H17FN2O4. The fourth-order valence-electron chi connectivity index (χ4n) is 1.73. The van der Waals surface area contributed by atoms with E-state index in [0.29, 0.717) is 0 Å². The predicted molar refractivity (Wildman–Crippen MR) is 70.9 cm³/mol. The molecule has 0 aliphatic rings. The Balaban J connectivity index is 3.09. The van der Waals surface area contributed by atoms with Crippen molar-refractivity contribution >= 4 is 11.7 Å². The van der Waals surface area contributed by atoms with E-state index in [9.17, 15) is 19.3 Å². The lowest BCUT2D eigenvalue weighted by Gasteiger charge is -2.34. The Labute approximate surface area is 116 Å². The number of nitro groups is 1. The maximum Gasteiger partial charge on any atom is 0.317 e. The molecule has 1 aromatic rings. The summed E-state index contributed by atoms with van der Waals surface area (Å²) in [5.74, 6) is -1.96. The fraction of sp³-hybridized carbons (Fsp3) is 0.462. The molecule has 0 aliphatic carbocycles. The molecule has 0 bridgehead atoms. The van der Waals surface area contributed by atoms with Crippen molar-refractivity contribution in [1.82, 2.24) is 4.90 Å². The zero-order chi connectivity index (χ0) is 15.5. The van der Waals surface area contributed by atoms with E-state index in [0.717, 1.165) is 6.07 Å². The molecule has 0 fully saturated rings. The number of benzene rings is 1. The van der Waals surface area contributed by atoms with E-state index >= 15 is 0 Å². The Bertz CT molecular complexity index is 526. The van der Waals surface area contributed by atoms with Crippen LogP contribution in [0.2, 0.25) is 0 Å².